The molecule has 0 aromatic carbocycles. The lowest BCUT2D eigenvalue weighted by Crippen LogP contribution is -2.23. The van der Waals surface area contributed by atoms with E-state index in [9.17, 15) is 4.91 Å². The fourth-order valence-electron chi connectivity index (χ4n) is 0.430. The summed E-state index contributed by atoms with van der Waals surface area (Å²) in [6, 6.07) is 0. The zero-order valence-electron chi connectivity index (χ0n) is 4.69. The number of rotatable bonds is 1. The van der Waals surface area contributed by atoms with Crippen molar-refractivity contribution in [2.24, 2.45) is 10.8 Å². The van der Waals surface area contributed by atoms with Crippen molar-refractivity contribution >= 4 is 5.96 Å². The van der Waals surface area contributed by atoms with E-state index in [2.05, 4.69) is 5.10 Å². The summed E-state index contributed by atoms with van der Waals surface area (Å²) < 4.78 is 0. The van der Waals surface area contributed by atoms with E-state index in [0.29, 0.717) is 0 Å². The Morgan fingerprint density at radius 2 is 2.33 bits per heavy atom. The highest BCUT2D eigenvalue weighted by Crippen LogP contribution is 2.00. The molecule has 1 saturated heterocycles. The number of nitrogens with zero attached hydrogens (tertiary/aromatic N) is 3. The normalized spacial score (nSPS) is 17.8. The van der Waals surface area contributed by atoms with Crippen molar-refractivity contribution in [1.82, 2.24) is 4.90 Å². The van der Waals surface area contributed by atoms with Crippen molar-refractivity contribution in [2.75, 3.05) is 13.1 Å². The maximum absolute atomic E-state index is 9.76. The molecule has 9 heavy (non-hydrogen) atoms. The van der Waals surface area contributed by atoms with E-state index in [-0.39, 0.29) is 5.96 Å². The van der Waals surface area contributed by atoms with Gasteiger partial charge in [-0.25, -0.2) is 5.21 Å². The summed E-state index contributed by atoms with van der Waals surface area (Å²) in [5, 5.41) is 10.4. The third-order valence-electron chi connectivity index (χ3n) is 0.959. The van der Waals surface area contributed by atoms with Crippen LogP contribution in [0, 0.1) is 4.91 Å². The Morgan fingerprint density at radius 1 is 1.78 bits per heavy atom. The Kier molecular flexibility index (Phi) is 1.21. The second-order valence-corrected chi connectivity index (χ2v) is 1.70. The van der Waals surface area contributed by atoms with Gasteiger partial charge in [0.25, 0.3) is 5.96 Å². The first-order chi connectivity index (χ1) is 4.20. The lowest BCUT2D eigenvalue weighted by Gasteiger charge is -1.89. The molecular formula is C3H7N4O2+. The maximum Gasteiger partial charge on any atom is 0.391 e. The van der Waals surface area contributed by atoms with Crippen LogP contribution in [0.3, 0.4) is 0 Å². The van der Waals surface area contributed by atoms with Crippen LogP contribution in [0.15, 0.2) is 5.10 Å². The van der Waals surface area contributed by atoms with Crippen LogP contribution in [0.5, 0.6) is 0 Å². The minimum absolute atomic E-state index is 0.0625. The second kappa shape index (κ2) is 1.88. The predicted octanol–water partition coefficient (Wildman–Crippen LogP) is -1.30. The van der Waals surface area contributed by atoms with Crippen LogP contribution in [0.4, 0.5) is 0 Å². The molecule has 50 valence electrons. The van der Waals surface area contributed by atoms with Crippen molar-refractivity contribution in [3.05, 3.63) is 4.91 Å². The third kappa shape index (κ3) is 1.56. The SMILES string of the molecule is N/C(=N\[N+](=O)O)N1CC1. The number of guanidine groups is 1. The van der Waals surface area contributed by atoms with E-state index in [1.807, 2.05) is 0 Å². The lowest BCUT2D eigenvalue weighted by atomic mass is 11.0. The van der Waals surface area contributed by atoms with E-state index in [4.69, 9.17) is 10.9 Å². The van der Waals surface area contributed by atoms with E-state index in [1.165, 1.54) is 0 Å². The zero-order valence-corrected chi connectivity index (χ0v) is 4.69. The van der Waals surface area contributed by atoms with Gasteiger partial charge < -0.3 is 10.6 Å². The average Bonchev–Trinajstić information content (AvgIpc) is 2.40. The quantitative estimate of drug-likeness (QED) is 0.200. The summed E-state index contributed by atoms with van der Waals surface area (Å²) >= 11 is 0. The third-order valence-corrected chi connectivity index (χ3v) is 0.959. The molecule has 0 aromatic rings. The summed E-state index contributed by atoms with van der Waals surface area (Å²) in [5.41, 5.74) is 5.15. The molecule has 1 fully saturated rings. The van der Waals surface area contributed by atoms with Crippen molar-refractivity contribution in [3.63, 3.8) is 0 Å². The predicted molar refractivity (Wildman–Crippen MR) is 28.6 cm³/mol. The molecule has 6 heteroatoms. The van der Waals surface area contributed by atoms with E-state index < -0.39 is 5.03 Å². The van der Waals surface area contributed by atoms with Crippen LogP contribution in [-0.4, -0.2) is 34.2 Å². The lowest BCUT2D eigenvalue weighted by molar-refractivity contribution is -0.796. The van der Waals surface area contributed by atoms with Gasteiger partial charge in [-0.05, 0) is 0 Å². The summed E-state index contributed by atoms with van der Waals surface area (Å²) in [6.07, 6.45) is 0. The monoisotopic (exact) mass is 131 g/mol. The standard InChI is InChI=1S/C3H7N4O2/c4-3(5-7(8)9)6-1-2-6/h1-2H2,(H2,4,5)(H,8,9)/q+1. The van der Waals surface area contributed by atoms with Crippen molar-refractivity contribution in [2.45, 2.75) is 0 Å². The molecule has 0 saturated carbocycles. The van der Waals surface area contributed by atoms with Crippen LogP contribution in [-0.2, 0) is 0 Å². The largest absolute Gasteiger partial charge is 0.391 e. The van der Waals surface area contributed by atoms with Gasteiger partial charge in [-0.2, -0.15) is 0 Å². The minimum Gasteiger partial charge on any atom is -0.364 e. The first kappa shape index (κ1) is 5.80. The van der Waals surface area contributed by atoms with Gasteiger partial charge in [0.15, 0.2) is 0 Å². The second-order valence-electron chi connectivity index (χ2n) is 1.70. The Labute approximate surface area is 51.1 Å². The highest BCUT2D eigenvalue weighted by molar-refractivity contribution is 5.79. The first-order valence-electron chi connectivity index (χ1n) is 2.45. The molecule has 6 nitrogen and oxygen atoms in total. The Hall–Kier alpha value is -1.33. The highest BCUT2D eigenvalue weighted by atomic mass is 16.7. The molecule has 0 amide bonds. The van der Waals surface area contributed by atoms with Gasteiger partial charge >= 0.3 is 5.03 Å². The van der Waals surface area contributed by atoms with Gasteiger partial charge in [-0.15, -0.1) is 0 Å². The van der Waals surface area contributed by atoms with Gasteiger partial charge in [0.1, 0.15) is 10.0 Å². The molecule has 1 aliphatic heterocycles. The molecule has 3 N–H and O–H groups in total. The van der Waals surface area contributed by atoms with Crippen molar-refractivity contribution in [3.8, 4) is 0 Å². The number of hydrogen-bond donors (Lipinski definition) is 2. The fraction of sp³-hybridized carbons (Fsp3) is 0.667. The number of nitrogens with two attached hydrogens (primary N) is 1. The van der Waals surface area contributed by atoms with Crippen LogP contribution in [0.25, 0.3) is 0 Å². The zero-order chi connectivity index (χ0) is 6.85. The van der Waals surface area contributed by atoms with Crippen molar-refractivity contribution < 1.29 is 10.2 Å². The van der Waals surface area contributed by atoms with E-state index in [0.717, 1.165) is 13.1 Å². The molecule has 1 rings (SSSR count). The molecule has 0 aliphatic carbocycles. The minimum atomic E-state index is -0.548. The van der Waals surface area contributed by atoms with Crippen LogP contribution < -0.4 is 5.73 Å². The summed E-state index contributed by atoms with van der Waals surface area (Å²) in [6.45, 7) is 1.62. The molecule has 0 bridgehead atoms. The maximum atomic E-state index is 9.76. The van der Waals surface area contributed by atoms with Gasteiger partial charge in [0.2, 0.25) is 0 Å². The van der Waals surface area contributed by atoms with Crippen molar-refractivity contribution in [1.29, 1.82) is 0 Å². The van der Waals surface area contributed by atoms with Gasteiger partial charge in [-0.1, -0.05) is 0 Å². The fourth-order valence-corrected chi connectivity index (χ4v) is 0.430. The molecular weight excluding hydrogens is 124 g/mol. The molecule has 0 radical (unpaired) electrons. The average molecular weight is 131 g/mol. The van der Waals surface area contributed by atoms with Gasteiger partial charge in [0, 0.05) is 13.1 Å². The molecule has 1 heterocycles. The highest BCUT2D eigenvalue weighted by Gasteiger charge is 2.22. The van der Waals surface area contributed by atoms with Gasteiger partial charge in [0.05, 0.1) is 0 Å². The number of hydrazone groups is 1. The number of hydrogen-bond acceptors (Lipinski definition) is 1. The first-order valence-corrected chi connectivity index (χ1v) is 2.45. The van der Waals surface area contributed by atoms with Crippen LogP contribution >= 0.6 is 0 Å². The van der Waals surface area contributed by atoms with Crippen LogP contribution in [0.1, 0.15) is 0 Å². The topological polar surface area (TPSA) is 81.7 Å². The Balaban J connectivity index is 2.47. The Bertz CT molecular complexity index is 161. The smallest absolute Gasteiger partial charge is 0.364 e. The molecule has 1 aliphatic rings. The molecule has 0 atom stereocenters. The molecule has 0 spiro atoms. The summed E-state index contributed by atoms with van der Waals surface area (Å²) in [5.74, 6) is 0.0625. The van der Waals surface area contributed by atoms with E-state index in [1.54, 1.807) is 4.90 Å². The van der Waals surface area contributed by atoms with Crippen LogP contribution in [0.2, 0.25) is 0 Å². The van der Waals surface area contributed by atoms with E-state index >= 15 is 0 Å². The molecule has 0 aromatic heterocycles. The molecule has 0 unspecified atom stereocenters. The van der Waals surface area contributed by atoms with Gasteiger partial charge in [-0.3, -0.25) is 0 Å². The Morgan fingerprint density at radius 3 is 2.67 bits per heavy atom. The summed E-state index contributed by atoms with van der Waals surface area (Å²) in [7, 11) is 0. The summed E-state index contributed by atoms with van der Waals surface area (Å²) in [4.78, 5) is 11.4.